The Labute approximate surface area is 306 Å². The standard InChI is InChI=1S/C38H58F3N5O6/c1-5-13-29-24-33(48)46(37(29)51)23-11-6-8-15-32(38(39,40)41)44-34(26(2)3)36(50)43-31(14-12-22-45-20-9-7-10-21-45)35(49)42-30-18-16-28(17-19-30)25-52-27(4)47/h16-19,26,29,31-32,34,44H,5-15,20-25H2,1-4H3,(H,42,49)(H,43,50). The predicted molar refractivity (Wildman–Crippen MR) is 192 cm³/mol. The molecule has 2 aliphatic rings. The molecule has 52 heavy (non-hydrogen) atoms. The normalized spacial score (nSPS) is 18.7. The van der Waals surface area contributed by atoms with Crippen molar-refractivity contribution >= 4 is 35.3 Å². The van der Waals surface area contributed by atoms with Crippen LogP contribution in [0.25, 0.3) is 0 Å². The van der Waals surface area contributed by atoms with Crippen molar-refractivity contribution in [1.29, 1.82) is 0 Å². The highest BCUT2D eigenvalue weighted by atomic mass is 19.4. The number of alkyl halides is 3. The minimum Gasteiger partial charge on any atom is -0.461 e. The van der Waals surface area contributed by atoms with Gasteiger partial charge in [0.15, 0.2) is 0 Å². The molecular weight excluding hydrogens is 679 g/mol. The molecule has 2 heterocycles. The lowest BCUT2D eigenvalue weighted by Crippen LogP contribution is -2.58. The lowest BCUT2D eigenvalue weighted by atomic mass is 9.99. The van der Waals surface area contributed by atoms with Crippen LogP contribution in [0.4, 0.5) is 18.9 Å². The van der Waals surface area contributed by atoms with Crippen LogP contribution in [0.5, 0.6) is 0 Å². The summed E-state index contributed by atoms with van der Waals surface area (Å²) < 4.78 is 47.9. The monoisotopic (exact) mass is 737 g/mol. The van der Waals surface area contributed by atoms with Crippen molar-refractivity contribution in [2.24, 2.45) is 11.8 Å². The van der Waals surface area contributed by atoms with Gasteiger partial charge in [0.05, 0.1) is 6.04 Å². The van der Waals surface area contributed by atoms with Gasteiger partial charge in [-0.3, -0.25) is 34.2 Å². The van der Waals surface area contributed by atoms with Crippen molar-refractivity contribution in [2.45, 2.75) is 136 Å². The Bertz CT molecular complexity index is 1320. The SMILES string of the molecule is CCCC1CC(=O)N(CCCCCC(NC(C(=O)NC(CCCN2CCCCC2)C(=O)Nc2ccc(COC(C)=O)cc2)C(C)C)C(F)(F)F)C1=O. The first kappa shape index (κ1) is 42.9. The van der Waals surface area contributed by atoms with Crippen LogP contribution in [0.1, 0.15) is 110 Å². The number of benzene rings is 1. The van der Waals surface area contributed by atoms with E-state index in [-0.39, 0.29) is 50.1 Å². The number of nitrogens with zero attached hydrogens (tertiary/aromatic N) is 2. The fraction of sp³-hybridized carbons (Fsp3) is 0.711. The van der Waals surface area contributed by atoms with Gasteiger partial charge in [-0.15, -0.1) is 0 Å². The van der Waals surface area contributed by atoms with E-state index < -0.39 is 48.0 Å². The van der Waals surface area contributed by atoms with Gasteiger partial charge in [-0.05, 0) is 88.2 Å². The van der Waals surface area contributed by atoms with Crippen LogP contribution < -0.4 is 16.0 Å². The van der Waals surface area contributed by atoms with E-state index >= 15 is 0 Å². The van der Waals surface area contributed by atoms with Crippen LogP contribution in [0, 0.1) is 11.8 Å². The third kappa shape index (κ3) is 14.1. The van der Waals surface area contributed by atoms with Gasteiger partial charge in [-0.1, -0.05) is 58.6 Å². The number of rotatable bonds is 21. The molecule has 0 radical (unpaired) electrons. The molecule has 1 aromatic rings. The third-order valence-electron chi connectivity index (χ3n) is 9.79. The van der Waals surface area contributed by atoms with Gasteiger partial charge in [-0.2, -0.15) is 13.2 Å². The first-order chi connectivity index (χ1) is 24.7. The van der Waals surface area contributed by atoms with Gasteiger partial charge in [0.25, 0.3) is 0 Å². The number of piperidine rings is 1. The Morgan fingerprint density at radius 1 is 0.923 bits per heavy atom. The molecule has 14 heteroatoms. The summed E-state index contributed by atoms with van der Waals surface area (Å²) in [6.45, 7) is 9.53. The van der Waals surface area contributed by atoms with E-state index in [1.165, 1.54) is 18.2 Å². The molecule has 1 aromatic carbocycles. The second-order valence-corrected chi connectivity index (χ2v) is 14.5. The zero-order valence-electron chi connectivity index (χ0n) is 31.2. The molecule has 2 saturated heterocycles. The molecule has 2 fully saturated rings. The highest BCUT2D eigenvalue weighted by Gasteiger charge is 2.42. The van der Waals surface area contributed by atoms with Crippen LogP contribution in [0.2, 0.25) is 0 Å². The number of hydrogen-bond acceptors (Lipinski definition) is 8. The molecule has 0 spiro atoms. The van der Waals surface area contributed by atoms with Crippen molar-refractivity contribution in [3.8, 4) is 0 Å². The number of unbranched alkanes of at least 4 members (excludes halogenated alkanes) is 2. The number of hydrogen-bond donors (Lipinski definition) is 3. The summed E-state index contributed by atoms with van der Waals surface area (Å²) in [6, 6.07) is 2.53. The number of carbonyl (C=O) groups excluding carboxylic acids is 5. The topological polar surface area (TPSA) is 137 Å². The summed E-state index contributed by atoms with van der Waals surface area (Å²) in [7, 11) is 0. The molecule has 3 N–H and O–H groups in total. The number of ether oxygens (including phenoxy) is 1. The number of esters is 1. The molecule has 292 valence electrons. The summed E-state index contributed by atoms with van der Waals surface area (Å²) in [5.41, 5.74) is 1.18. The quantitative estimate of drug-likeness (QED) is 0.0829. The maximum atomic E-state index is 14.3. The highest BCUT2D eigenvalue weighted by molar-refractivity contribution is 6.03. The van der Waals surface area contributed by atoms with Crippen LogP contribution >= 0.6 is 0 Å². The van der Waals surface area contributed by atoms with E-state index in [1.807, 2.05) is 6.92 Å². The summed E-state index contributed by atoms with van der Waals surface area (Å²) in [4.78, 5) is 66.7. The minimum atomic E-state index is -4.63. The molecule has 0 saturated carbocycles. The van der Waals surface area contributed by atoms with Gasteiger partial charge in [-0.25, -0.2) is 0 Å². The van der Waals surface area contributed by atoms with Gasteiger partial charge in [0.2, 0.25) is 23.6 Å². The molecule has 2 aliphatic heterocycles. The van der Waals surface area contributed by atoms with E-state index in [4.69, 9.17) is 4.74 Å². The Hall–Kier alpha value is -3.52. The molecule has 0 bridgehead atoms. The molecule has 0 aromatic heterocycles. The Kier molecular flexibility index (Phi) is 17.5. The summed E-state index contributed by atoms with van der Waals surface area (Å²) in [5, 5.41) is 8.13. The first-order valence-corrected chi connectivity index (χ1v) is 18.9. The van der Waals surface area contributed by atoms with Crippen molar-refractivity contribution in [2.75, 3.05) is 31.5 Å². The van der Waals surface area contributed by atoms with Gasteiger partial charge in [0.1, 0.15) is 18.7 Å². The van der Waals surface area contributed by atoms with Gasteiger partial charge < -0.3 is 20.3 Å². The minimum absolute atomic E-state index is 0.0847. The molecule has 4 atom stereocenters. The average molecular weight is 738 g/mol. The van der Waals surface area contributed by atoms with Gasteiger partial charge in [0, 0.05) is 31.5 Å². The predicted octanol–water partition coefficient (Wildman–Crippen LogP) is 5.72. The van der Waals surface area contributed by atoms with E-state index in [1.54, 1.807) is 38.1 Å². The van der Waals surface area contributed by atoms with E-state index in [0.29, 0.717) is 37.8 Å². The number of likely N-dealkylation sites (tertiary alicyclic amines) is 2. The lowest BCUT2D eigenvalue weighted by Gasteiger charge is -2.31. The van der Waals surface area contributed by atoms with Crippen molar-refractivity contribution < 1.29 is 41.9 Å². The van der Waals surface area contributed by atoms with E-state index in [0.717, 1.165) is 44.5 Å². The van der Waals surface area contributed by atoms with Crippen molar-refractivity contribution in [3.63, 3.8) is 0 Å². The lowest BCUT2D eigenvalue weighted by molar-refractivity contribution is -0.161. The molecule has 11 nitrogen and oxygen atoms in total. The van der Waals surface area contributed by atoms with Crippen LogP contribution in [0.15, 0.2) is 24.3 Å². The number of carbonyl (C=O) groups is 5. The molecule has 4 amide bonds. The Balaban J connectivity index is 1.62. The Morgan fingerprint density at radius 3 is 2.23 bits per heavy atom. The molecule has 0 aliphatic carbocycles. The van der Waals surface area contributed by atoms with Crippen molar-refractivity contribution in [1.82, 2.24) is 20.4 Å². The summed E-state index contributed by atoms with van der Waals surface area (Å²) in [6.07, 6.45) is 1.97. The van der Waals surface area contributed by atoms with E-state index in [9.17, 15) is 37.1 Å². The zero-order valence-corrected chi connectivity index (χ0v) is 31.2. The average Bonchev–Trinajstić information content (AvgIpc) is 3.35. The van der Waals surface area contributed by atoms with Gasteiger partial charge >= 0.3 is 12.1 Å². The molecule has 3 rings (SSSR count). The van der Waals surface area contributed by atoms with Crippen molar-refractivity contribution in [3.05, 3.63) is 29.8 Å². The number of anilines is 1. The third-order valence-corrected chi connectivity index (χ3v) is 9.79. The summed E-state index contributed by atoms with van der Waals surface area (Å²) in [5.74, 6) is -2.83. The smallest absolute Gasteiger partial charge is 0.403 e. The fourth-order valence-electron chi connectivity index (χ4n) is 6.82. The van der Waals surface area contributed by atoms with Crippen LogP contribution in [0.3, 0.4) is 0 Å². The number of amides is 4. The first-order valence-electron chi connectivity index (χ1n) is 18.9. The molecular formula is C38H58F3N5O6. The largest absolute Gasteiger partial charge is 0.461 e. The van der Waals surface area contributed by atoms with Crippen LogP contribution in [-0.2, 0) is 35.3 Å². The summed E-state index contributed by atoms with van der Waals surface area (Å²) >= 11 is 0. The van der Waals surface area contributed by atoms with E-state index in [2.05, 4.69) is 20.9 Å². The Morgan fingerprint density at radius 2 is 1.62 bits per heavy atom. The second kappa shape index (κ2) is 21.2. The maximum Gasteiger partial charge on any atom is 0.403 e. The zero-order chi connectivity index (χ0) is 38.3. The number of nitrogens with one attached hydrogen (secondary N) is 3. The maximum absolute atomic E-state index is 14.3. The highest BCUT2D eigenvalue weighted by Crippen LogP contribution is 2.27. The number of imide groups is 1. The fourth-order valence-corrected chi connectivity index (χ4v) is 6.82. The second-order valence-electron chi connectivity index (χ2n) is 14.5. The molecule has 4 unspecified atom stereocenters. The van der Waals surface area contributed by atoms with Crippen LogP contribution in [-0.4, -0.2) is 89.9 Å². The number of halogens is 3.